The van der Waals surface area contributed by atoms with Gasteiger partial charge in [-0.3, -0.25) is 0 Å². The molecule has 12 aromatic rings. The third-order valence-electron chi connectivity index (χ3n) is 11.1. The lowest BCUT2D eigenvalue weighted by Crippen LogP contribution is -1.91. The predicted octanol–water partition coefficient (Wildman–Crippen LogP) is 14.7. The van der Waals surface area contributed by atoms with Crippen LogP contribution >= 0.6 is 0 Å². The number of fused-ring (bicyclic) bond motifs is 11. The van der Waals surface area contributed by atoms with Gasteiger partial charge in [0, 0.05) is 37.9 Å². The molecule has 0 fully saturated rings. The minimum Gasteiger partial charge on any atom is -0.464 e. The van der Waals surface area contributed by atoms with Crippen molar-refractivity contribution in [3.63, 3.8) is 0 Å². The summed E-state index contributed by atoms with van der Waals surface area (Å²) in [6.45, 7) is 0. The molecule has 0 saturated heterocycles. The van der Waals surface area contributed by atoms with Crippen molar-refractivity contribution in [1.29, 1.82) is 0 Å². The van der Waals surface area contributed by atoms with E-state index in [9.17, 15) is 0 Å². The summed E-state index contributed by atoms with van der Waals surface area (Å²) in [6, 6.07) is 58.3. The van der Waals surface area contributed by atoms with Crippen LogP contribution in [0.5, 0.6) is 0 Å². The Morgan fingerprint density at radius 2 is 0.887 bits per heavy atom. The predicted molar refractivity (Wildman–Crippen MR) is 220 cm³/mol. The van der Waals surface area contributed by atoms with Crippen LogP contribution in [0.2, 0.25) is 0 Å². The molecule has 0 spiro atoms. The Morgan fingerprint density at radius 1 is 0.283 bits per heavy atom. The molecule has 246 valence electrons. The van der Waals surface area contributed by atoms with Crippen molar-refractivity contribution in [3.8, 4) is 33.4 Å². The van der Waals surface area contributed by atoms with Gasteiger partial charge in [0.2, 0.25) is 0 Å². The summed E-state index contributed by atoms with van der Waals surface area (Å²) in [4.78, 5) is 0. The van der Waals surface area contributed by atoms with Crippen LogP contribution in [0.4, 0.5) is 0 Å². The largest absolute Gasteiger partial charge is 0.464 e. The quantitative estimate of drug-likeness (QED) is 0.175. The third kappa shape index (κ3) is 4.05. The number of benzene rings is 9. The number of hydrogen-bond acceptors (Lipinski definition) is 3. The van der Waals surface area contributed by atoms with E-state index in [2.05, 4.69) is 146 Å². The first-order valence-corrected chi connectivity index (χ1v) is 18.0. The maximum Gasteiger partial charge on any atom is 0.143 e. The van der Waals surface area contributed by atoms with Crippen LogP contribution in [-0.4, -0.2) is 0 Å². The smallest absolute Gasteiger partial charge is 0.143 e. The van der Waals surface area contributed by atoms with Gasteiger partial charge in [0.1, 0.15) is 27.9 Å². The standard InChI is InChI=1S/C50H28O3/c1-2-11-29(12-3-1)43-28-51-46-26-41-40-25-30(21-24-45(40)52-47(41)27-42(43)46)48-34-14-4-6-16-36(34)49(37-17-7-5-15-35(37)48)33-18-10-19-38-31(33)22-23-39-32-13-8-9-20-44(32)53-50(38)39/h1-28H. The van der Waals surface area contributed by atoms with Crippen LogP contribution in [-0.2, 0) is 0 Å². The molecule has 3 heteroatoms. The highest BCUT2D eigenvalue weighted by molar-refractivity contribution is 6.26. The Bertz CT molecular complexity index is 3390. The van der Waals surface area contributed by atoms with E-state index in [1.54, 1.807) is 0 Å². The SMILES string of the molecule is c1ccc(-c2coc3cc4c(cc23)oc2ccc(-c3c5ccccc5c(-c5cccc6c5ccc5c7ccccc7oc65)c5ccccc35)cc24)cc1. The zero-order chi connectivity index (χ0) is 34.6. The third-order valence-corrected chi connectivity index (χ3v) is 11.1. The van der Waals surface area contributed by atoms with Crippen LogP contribution in [0.15, 0.2) is 183 Å². The summed E-state index contributed by atoms with van der Waals surface area (Å²) in [6.07, 6.45) is 1.85. The molecular weight excluding hydrogens is 649 g/mol. The second-order valence-corrected chi connectivity index (χ2v) is 14.0. The first-order valence-electron chi connectivity index (χ1n) is 18.0. The normalized spacial score (nSPS) is 12.2. The van der Waals surface area contributed by atoms with E-state index in [4.69, 9.17) is 13.3 Å². The zero-order valence-electron chi connectivity index (χ0n) is 28.4. The van der Waals surface area contributed by atoms with Crippen molar-refractivity contribution in [2.24, 2.45) is 0 Å². The fourth-order valence-electron chi connectivity index (χ4n) is 8.78. The molecule has 0 amide bonds. The first-order chi connectivity index (χ1) is 26.3. The minimum absolute atomic E-state index is 0.847. The molecule has 3 aromatic heterocycles. The van der Waals surface area contributed by atoms with E-state index in [-0.39, 0.29) is 0 Å². The first kappa shape index (κ1) is 28.6. The van der Waals surface area contributed by atoms with Crippen LogP contribution in [0.3, 0.4) is 0 Å². The number of rotatable bonds is 3. The molecule has 0 bridgehead atoms. The fourth-order valence-corrected chi connectivity index (χ4v) is 8.78. The molecule has 9 aromatic carbocycles. The van der Waals surface area contributed by atoms with Crippen LogP contribution in [0.25, 0.3) is 121 Å². The molecule has 53 heavy (non-hydrogen) atoms. The van der Waals surface area contributed by atoms with Crippen molar-refractivity contribution >= 4 is 87.2 Å². The van der Waals surface area contributed by atoms with Crippen LogP contribution < -0.4 is 0 Å². The van der Waals surface area contributed by atoms with Gasteiger partial charge in [0.15, 0.2) is 0 Å². The molecule has 0 N–H and O–H groups in total. The van der Waals surface area contributed by atoms with Gasteiger partial charge in [-0.15, -0.1) is 0 Å². The molecular formula is C50H28O3. The summed E-state index contributed by atoms with van der Waals surface area (Å²) in [5.74, 6) is 0. The Balaban J connectivity index is 1.10. The molecule has 0 aliphatic heterocycles. The summed E-state index contributed by atoms with van der Waals surface area (Å²) >= 11 is 0. The second kappa shape index (κ2) is 10.7. The summed E-state index contributed by atoms with van der Waals surface area (Å²) < 4.78 is 19.1. The van der Waals surface area contributed by atoms with Gasteiger partial charge in [-0.25, -0.2) is 0 Å². The van der Waals surface area contributed by atoms with Gasteiger partial charge in [-0.2, -0.15) is 0 Å². The Kier molecular flexibility index (Phi) is 5.77. The monoisotopic (exact) mass is 676 g/mol. The van der Waals surface area contributed by atoms with Crippen molar-refractivity contribution in [3.05, 3.63) is 170 Å². The van der Waals surface area contributed by atoms with Gasteiger partial charge in [-0.05, 0) is 91.1 Å². The topological polar surface area (TPSA) is 39.4 Å². The lowest BCUT2D eigenvalue weighted by atomic mass is 9.84. The van der Waals surface area contributed by atoms with E-state index in [1.165, 1.54) is 43.6 Å². The van der Waals surface area contributed by atoms with Crippen molar-refractivity contribution < 1.29 is 13.3 Å². The molecule has 0 radical (unpaired) electrons. The molecule has 0 aliphatic rings. The molecule has 0 saturated carbocycles. The molecule has 12 rings (SSSR count). The van der Waals surface area contributed by atoms with E-state index in [0.717, 1.165) is 76.9 Å². The van der Waals surface area contributed by atoms with Crippen LogP contribution in [0, 0.1) is 0 Å². The highest BCUT2D eigenvalue weighted by Gasteiger charge is 2.21. The number of para-hydroxylation sites is 1. The average molecular weight is 677 g/mol. The maximum absolute atomic E-state index is 6.50. The highest BCUT2D eigenvalue weighted by Crippen LogP contribution is 2.47. The Morgan fingerprint density at radius 3 is 1.68 bits per heavy atom. The molecule has 0 unspecified atom stereocenters. The lowest BCUT2D eigenvalue weighted by Gasteiger charge is -2.19. The Hall–Kier alpha value is -7.10. The summed E-state index contributed by atoms with van der Waals surface area (Å²) in [5.41, 5.74) is 11.4. The minimum atomic E-state index is 0.847. The number of furan rings is 3. The molecule has 3 heterocycles. The van der Waals surface area contributed by atoms with E-state index >= 15 is 0 Å². The highest BCUT2D eigenvalue weighted by atomic mass is 16.3. The van der Waals surface area contributed by atoms with Gasteiger partial charge >= 0.3 is 0 Å². The van der Waals surface area contributed by atoms with Gasteiger partial charge in [0.05, 0.1) is 6.26 Å². The van der Waals surface area contributed by atoms with Gasteiger partial charge in [-0.1, -0.05) is 127 Å². The van der Waals surface area contributed by atoms with Crippen molar-refractivity contribution in [1.82, 2.24) is 0 Å². The van der Waals surface area contributed by atoms with E-state index in [0.29, 0.717) is 0 Å². The van der Waals surface area contributed by atoms with Gasteiger partial charge < -0.3 is 13.3 Å². The lowest BCUT2D eigenvalue weighted by molar-refractivity contribution is 0.617. The second-order valence-electron chi connectivity index (χ2n) is 14.0. The molecule has 0 atom stereocenters. The van der Waals surface area contributed by atoms with Crippen molar-refractivity contribution in [2.45, 2.75) is 0 Å². The summed E-state index contributed by atoms with van der Waals surface area (Å²) in [7, 11) is 0. The zero-order valence-corrected chi connectivity index (χ0v) is 28.4. The van der Waals surface area contributed by atoms with Crippen molar-refractivity contribution in [2.75, 3.05) is 0 Å². The van der Waals surface area contributed by atoms with Crippen LogP contribution in [0.1, 0.15) is 0 Å². The molecule has 0 aliphatic carbocycles. The summed E-state index contributed by atoms with van der Waals surface area (Å²) in [5, 5.41) is 12.6. The molecule has 3 nitrogen and oxygen atoms in total. The number of hydrogen-bond donors (Lipinski definition) is 0. The van der Waals surface area contributed by atoms with E-state index < -0.39 is 0 Å². The maximum atomic E-state index is 6.50. The van der Waals surface area contributed by atoms with E-state index in [1.807, 2.05) is 24.5 Å². The average Bonchev–Trinajstić information content (AvgIpc) is 3.92. The van der Waals surface area contributed by atoms with Gasteiger partial charge in [0.25, 0.3) is 0 Å². The Labute approximate surface area is 302 Å². The fraction of sp³-hybridized carbons (Fsp3) is 0.